The molecule has 0 heterocycles. The molecule has 9 heteroatoms. The Morgan fingerprint density at radius 2 is 1.89 bits per heavy atom. The van der Waals surface area contributed by atoms with Crippen molar-refractivity contribution in [3.8, 4) is 0 Å². The molecule has 0 atom stereocenters. The Kier molecular flexibility index (Phi) is 5.96. The zero-order chi connectivity index (χ0) is 20.2. The summed E-state index contributed by atoms with van der Waals surface area (Å²) in [6, 6.07) is 9.16. The number of hydrogen-bond donors (Lipinski definition) is 0. The summed E-state index contributed by atoms with van der Waals surface area (Å²) in [5.41, 5.74) is 0.894. The van der Waals surface area contributed by atoms with Crippen LogP contribution in [0.25, 0.3) is 0 Å². The van der Waals surface area contributed by atoms with Crippen molar-refractivity contribution in [1.29, 1.82) is 0 Å². The number of esters is 1. The van der Waals surface area contributed by atoms with Gasteiger partial charge in [-0.05, 0) is 36.8 Å². The molecule has 0 N–H and O–H groups in total. The molecule has 0 saturated carbocycles. The number of nitrogens with zero attached hydrogens (tertiary/aromatic N) is 2. The van der Waals surface area contributed by atoms with Crippen LogP contribution < -0.4 is 4.31 Å². The van der Waals surface area contributed by atoms with Crippen LogP contribution in [0.4, 0.5) is 11.4 Å². The Balaban J connectivity index is 2.57. The number of methoxy groups -OCH3 is 1. The topological polar surface area (TPSA) is 107 Å². The zero-order valence-corrected chi connectivity index (χ0v) is 15.6. The molecule has 2 aromatic rings. The van der Waals surface area contributed by atoms with E-state index >= 15 is 0 Å². The Morgan fingerprint density at radius 3 is 2.41 bits per heavy atom. The second-order valence-corrected chi connectivity index (χ2v) is 7.43. The molecule has 0 fully saturated rings. The molecule has 0 aliphatic carbocycles. The molecule has 0 aliphatic rings. The van der Waals surface area contributed by atoms with Gasteiger partial charge in [0.05, 0.1) is 34.7 Å². The fourth-order valence-electron chi connectivity index (χ4n) is 2.43. The van der Waals surface area contributed by atoms with E-state index in [1.807, 2.05) is 0 Å². The van der Waals surface area contributed by atoms with Gasteiger partial charge in [0.15, 0.2) is 0 Å². The van der Waals surface area contributed by atoms with Crippen LogP contribution in [0.2, 0.25) is 0 Å². The van der Waals surface area contributed by atoms with Crippen LogP contribution in [0, 0.1) is 17.0 Å². The molecule has 0 bridgehead atoms. The highest BCUT2D eigenvalue weighted by atomic mass is 32.2. The first kappa shape index (κ1) is 20.1. The van der Waals surface area contributed by atoms with Crippen LogP contribution in [0.3, 0.4) is 0 Å². The van der Waals surface area contributed by atoms with Crippen molar-refractivity contribution in [3.63, 3.8) is 0 Å². The van der Waals surface area contributed by atoms with Crippen molar-refractivity contribution < 1.29 is 22.9 Å². The second-order valence-electron chi connectivity index (χ2n) is 5.57. The van der Waals surface area contributed by atoms with Crippen molar-refractivity contribution in [2.24, 2.45) is 0 Å². The summed E-state index contributed by atoms with van der Waals surface area (Å²) >= 11 is 0. The number of rotatable bonds is 7. The minimum atomic E-state index is -4.04. The SMILES string of the molecule is C=CCN(c1cc(C(=O)OC)ccc1C)S(=O)(=O)c1ccc([N+](=O)[O-])cc1. The van der Waals surface area contributed by atoms with Crippen LogP contribution in [0.15, 0.2) is 60.0 Å². The Morgan fingerprint density at radius 1 is 1.26 bits per heavy atom. The van der Waals surface area contributed by atoms with E-state index in [1.165, 1.54) is 37.5 Å². The molecule has 0 saturated heterocycles. The first-order valence-corrected chi connectivity index (χ1v) is 9.23. The molecule has 142 valence electrons. The van der Waals surface area contributed by atoms with Gasteiger partial charge < -0.3 is 4.74 Å². The summed E-state index contributed by atoms with van der Waals surface area (Å²) in [4.78, 5) is 21.9. The van der Waals surface area contributed by atoms with E-state index in [0.717, 1.165) is 16.4 Å². The van der Waals surface area contributed by atoms with Gasteiger partial charge in [0.2, 0.25) is 0 Å². The van der Waals surface area contributed by atoms with E-state index in [1.54, 1.807) is 13.0 Å². The van der Waals surface area contributed by atoms with Crippen molar-refractivity contribution >= 4 is 27.4 Å². The van der Waals surface area contributed by atoms with Gasteiger partial charge in [-0.15, -0.1) is 6.58 Å². The lowest BCUT2D eigenvalue weighted by atomic mass is 10.1. The zero-order valence-electron chi connectivity index (χ0n) is 14.8. The molecule has 0 radical (unpaired) electrons. The van der Waals surface area contributed by atoms with Gasteiger partial charge in [-0.25, -0.2) is 13.2 Å². The lowest BCUT2D eigenvalue weighted by Crippen LogP contribution is -2.32. The van der Waals surface area contributed by atoms with Gasteiger partial charge in [0, 0.05) is 12.1 Å². The number of nitro benzene ring substituents is 1. The molecule has 0 amide bonds. The number of aryl methyl sites for hydroxylation is 1. The van der Waals surface area contributed by atoms with Crippen LogP contribution in [-0.4, -0.2) is 33.0 Å². The van der Waals surface area contributed by atoms with Crippen LogP contribution >= 0.6 is 0 Å². The maximum Gasteiger partial charge on any atom is 0.337 e. The van der Waals surface area contributed by atoms with Gasteiger partial charge in [0.1, 0.15) is 0 Å². The molecule has 2 rings (SSSR count). The third-order valence-electron chi connectivity index (χ3n) is 3.83. The molecule has 0 spiro atoms. The highest BCUT2D eigenvalue weighted by Gasteiger charge is 2.26. The summed E-state index contributed by atoms with van der Waals surface area (Å²) in [7, 11) is -2.81. The van der Waals surface area contributed by atoms with Crippen LogP contribution in [0.1, 0.15) is 15.9 Å². The van der Waals surface area contributed by atoms with Crippen molar-refractivity contribution in [2.45, 2.75) is 11.8 Å². The van der Waals surface area contributed by atoms with Gasteiger partial charge in [-0.2, -0.15) is 0 Å². The quantitative estimate of drug-likeness (QED) is 0.311. The summed E-state index contributed by atoms with van der Waals surface area (Å²) in [6.45, 7) is 5.24. The second kappa shape index (κ2) is 8.00. The van der Waals surface area contributed by atoms with Gasteiger partial charge >= 0.3 is 5.97 Å². The fourth-order valence-corrected chi connectivity index (χ4v) is 3.92. The Hall–Kier alpha value is -3.20. The van der Waals surface area contributed by atoms with E-state index in [2.05, 4.69) is 11.3 Å². The number of nitro groups is 1. The average Bonchev–Trinajstić information content (AvgIpc) is 2.66. The first-order valence-electron chi connectivity index (χ1n) is 7.79. The van der Waals surface area contributed by atoms with E-state index in [-0.39, 0.29) is 28.4 Å². The highest BCUT2D eigenvalue weighted by molar-refractivity contribution is 7.92. The Bertz CT molecular complexity index is 983. The molecule has 0 unspecified atom stereocenters. The molecular formula is C18H18N2O6S. The van der Waals surface area contributed by atoms with Crippen molar-refractivity contribution in [2.75, 3.05) is 18.0 Å². The summed E-state index contributed by atoms with van der Waals surface area (Å²) in [5, 5.41) is 10.8. The molecular weight excluding hydrogens is 372 g/mol. The van der Waals surface area contributed by atoms with E-state index in [9.17, 15) is 23.3 Å². The van der Waals surface area contributed by atoms with Crippen LogP contribution in [0.5, 0.6) is 0 Å². The maximum absolute atomic E-state index is 13.1. The molecule has 8 nitrogen and oxygen atoms in total. The number of anilines is 1. The highest BCUT2D eigenvalue weighted by Crippen LogP contribution is 2.29. The van der Waals surface area contributed by atoms with Gasteiger partial charge in [-0.1, -0.05) is 12.1 Å². The number of carbonyl (C=O) groups is 1. The monoisotopic (exact) mass is 390 g/mol. The third-order valence-corrected chi connectivity index (χ3v) is 5.62. The lowest BCUT2D eigenvalue weighted by Gasteiger charge is -2.25. The molecule has 27 heavy (non-hydrogen) atoms. The molecule has 0 aliphatic heterocycles. The Labute approximate surface area is 156 Å². The lowest BCUT2D eigenvalue weighted by molar-refractivity contribution is -0.384. The van der Waals surface area contributed by atoms with E-state index in [4.69, 9.17) is 0 Å². The smallest absolute Gasteiger partial charge is 0.337 e. The van der Waals surface area contributed by atoms with Gasteiger partial charge in [0.25, 0.3) is 15.7 Å². The summed E-state index contributed by atoms with van der Waals surface area (Å²) < 4.78 is 32.0. The standard InChI is InChI=1S/C18H18N2O6S/c1-4-11-19(17-12-14(18(21)26-3)6-5-13(17)2)27(24,25)16-9-7-15(8-10-16)20(22)23/h4-10,12H,1,11H2,2-3H3. The summed E-state index contributed by atoms with van der Waals surface area (Å²) in [6.07, 6.45) is 1.41. The summed E-state index contributed by atoms with van der Waals surface area (Å²) in [5.74, 6) is -0.595. The predicted octanol–water partition coefficient (Wildman–Crippen LogP) is 3.07. The van der Waals surface area contributed by atoms with Crippen molar-refractivity contribution in [3.05, 3.63) is 76.4 Å². The predicted molar refractivity (Wildman–Crippen MR) is 100 cm³/mol. The number of carbonyl (C=O) groups excluding carboxylic acids is 1. The number of ether oxygens (including phenoxy) is 1. The van der Waals surface area contributed by atoms with Crippen molar-refractivity contribution in [1.82, 2.24) is 0 Å². The normalized spacial score (nSPS) is 10.9. The third kappa shape index (κ3) is 4.14. The number of non-ortho nitro benzene ring substituents is 1. The maximum atomic E-state index is 13.1. The minimum Gasteiger partial charge on any atom is -0.465 e. The number of benzene rings is 2. The van der Waals surface area contributed by atoms with E-state index < -0.39 is 20.9 Å². The average molecular weight is 390 g/mol. The largest absolute Gasteiger partial charge is 0.465 e. The molecule has 0 aromatic heterocycles. The van der Waals surface area contributed by atoms with E-state index in [0.29, 0.717) is 5.56 Å². The number of hydrogen-bond acceptors (Lipinski definition) is 6. The number of sulfonamides is 1. The minimum absolute atomic E-state index is 0.0508. The van der Waals surface area contributed by atoms with Gasteiger partial charge in [-0.3, -0.25) is 14.4 Å². The molecule has 2 aromatic carbocycles. The van der Waals surface area contributed by atoms with Crippen LogP contribution in [-0.2, 0) is 14.8 Å². The first-order chi connectivity index (χ1) is 12.7. The fraction of sp³-hybridized carbons (Fsp3) is 0.167.